The van der Waals surface area contributed by atoms with Crippen LogP contribution in [0, 0.1) is 5.82 Å². The van der Waals surface area contributed by atoms with Gasteiger partial charge in [0, 0.05) is 12.0 Å². The molecule has 0 aliphatic rings. The zero-order valence-electron chi connectivity index (χ0n) is 11.9. The van der Waals surface area contributed by atoms with Gasteiger partial charge in [-0.1, -0.05) is 45.7 Å². The Morgan fingerprint density at radius 2 is 1.78 bits per heavy atom. The SMILES string of the molecule is CCCC(CCC)(CNCC)c1cccc(F)c1. The van der Waals surface area contributed by atoms with Crippen molar-refractivity contribution in [1.29, 1.82) is 0 Å². The highest BCUT2D eigenvalue weighted by molar-refractivity contribution is 5.27. The molecule has 0 saturated heterocycles. The minimum absolute atomic E-state index is 0.0849. The molecule has 0 radical (unpaired) electrons. The highest BCUT2D eigenvalue weighted by Gasteiger charge is 2.30. The van der Waals surface area contributed by atoms with Gasteiger partial charge in [0.05, 0.1) is 0 Å². The molecule has 0 saturated carbocycles. The van der Waals surface area contributed by atoms with Crippen LogP contribution in [0.5, 0.6) is 0 Å². The predicted molar refractivity (Wildman–Crippen MR) is 76.4 cm³/mol. The average molecular weight is 251 g/mol. The summed E-state index contributed by atoms with van der Waals surface area (Å²) in [6, 6.07) is 7.14. The second-order valence-corrected chi connectivity index (χ2v) is 5.07. The molecule has 0 fully saturated rings. The van der Waals surface area contributed by atoms with E-state index in [-0.39, 0.29) is 11.2 Å². The largest absolute Gasteiger partial charge is 0.316 e. The summed E-state index contributed by atoms with van der Waals surface area (Å²) in [6.07, 6.45) is 4.47. The van der Waals surface area contributed by atoms with E-state index in [1.54, 1.807) is 6.07 Å². The molecule has 1 rings (SSSR count). The van der Waals surface area contributed by atoms with Crippen molar-refractivity contribution in [2.24, 2.45) is 0 Å². The summed E-state index contributed by atoms with van der Waals surface area (Å²) in [7, 11) is 0. The van der Waals surface area contributed by atoms with Crippen LogP contribution in [0.1, 0.15) is 52.0 Å². The first-order valence-corrected chi connectivity index (χ1v) is 7.15. The minimum atomic E-state index is -0.124. The molecule has 1 aromatic carbocycles. The van der Waals surface area contributed by atoms with E-state index in [9.17, 15) is 4.39 Å². The van der Waals surface area contributed by atoms with Gasteiger partial charge < -0.3 is 5.32 Å². The number of benzene rings is 1. The maximum absolute atomic E-state index is 13.5. The van der Waals surface area contributed by atoms with Crippen molar-refractivity contribution in [2.45, 2.75) is 51.9 Å². The molecule has 0 bridgehead atoms. The van der Waals surface area contributed by atoms with Crippen LogP contribution < -0.4 is 5.32 Å². The lowest BCUT2D eigenvalue weighted by atomic mass is 9.73. The Kier molecular flexibility index (Phi) is 6.34. The second kappa shape index (κ2) is 7.52. The normalized spacial score (nSPS) is 11.8. The number of hydrogen-bond donors (Lipinski definition) is 1. The third kappa shape index (κ3) is 3.81. The standard InChI is InChI=1S/C16H26FN/c1-4-10-16(11-5-2,13-18-6-3)14-8-7-9-15(17)12-14/h7-9,12,18H,4-6,10-11,13H2,1-3H3. The number of hydrogen-bond acceptors (Lipinski definition) is 1. The molecule has 2 heteroatoms. The Bertz CT molecular complexity index is 343. The monoisotopic (exact) mass is 251 g/mol. The fourth-order valence-corrected chi connectivity index (χ4v) is 2.83. The molecule has 0 unspecified atom stereocenters. The quantitative estimate of drug-likeness (QED) is 0.727. The molecule has 0 aliphatic carbocycles. The van der Waals surface area contributed by atoms with E-state index < -0.39 is 0 Å². The van der Waals surface area contributed by atoms with Gasteiger partial charge in [0.1, 0.15) is 5.82 Å². The van der Waals surface area contributed by atoms with E-state index in [0.717, 1.165) is 44.3 Å². The van der Waals surface area contributed by atoms with E-state index in [0.29, 0.717) is 0 Å². The van der Waals surface area contributed by atoms with Crippen LogP contribution in [0.15, 0.2) is 24.3 Å². The molecule has 0 heterocycles. The van der Waals surface area contributed by atoms with Crippen LogP contribution in [0.4, 0.5) is 4.39 Å². The minimum Gasteiger partial charge on any atom is -0.316 e. The molecular weight excluding hydrogens is 225 g/mol. The second-order valence-electron chi connectivity index (χ2n) is 5.07. The highest BCUT2D eigenvalue weighted by atomic mass is 19.1. The Balaban J connectivity index is 3.05. The van der Waals surface area contributed by atoms with Crippen LogP contribution in [0.3, 0.4) is 0 Å². The van der Waals surface area contributed by atoms with E-state index in [2.05, 4.69) is 32.2 Å². The van der Waals surface area contributed by atoms with Gasteiger partial charge in [-0.15, -0.1) is 0 Å². The zero-order chi connectivity index (χ0) is 13.4. The predicted octanol–water partition coefficient (Wildman–Crippen LogP) is 4.27. The summed E-state index contributed by atoms with van der Waals surface area (Å²) in [5, 5.41) is 3.45. The Morgan fingerprint density at radius 3 is 2.28 bits per heavy atom. The summed E-state index contributed by atoms with van der Waals surface area (Å²) >= 11 is 0. The van der Waals surface area contributed by atoms with Crippen LogP contribution in [0.2, 0.25) is 0 Å². The molecular formula is C16H26FN. The molecule has 0 aromatic heterocycles. The Morgan fingerprint density at radius 1 is 1.11 bits per heavy atom. The van der Waals surface area contributed by atoms with Gasteiger partial charge in [-0.05, 0) is 37.1 Å². The fraction of sp³-hybridized carbons (Fsp3) is 0.625. The Labute approximate surface area is 111 Å². The lowest BCUT2D eigenvalue weighted by Gasteiger charge is -2.34. The smallest absolute Gasteiger partial charge is 0.123 e. The molecule has 18 heavy (non-hydrogen) atoms. The van der Waals surface area contributed by atoms with Crippen molar-refractivity contribution in [2.75, 3.05) is 13.1 Å². The summed E-state index contributed by atoms with van der Waals surface area (Å²) < 4.78 is 13.5. The van der Waals surface area contributed by atoms with Gasteiger partial charge in [-0.2, -0.15) is 0 Å². The molecule has 0 atom stereocenters. The van der Waals surface area contributed by atoms with Gasteiger partial charge in [0.15, 0.2) is 0 Å². The lowest BCUT2D eigenvalue weighted by molar-refractivity contribution is 0.336. The molecule has 1 nitrogen and oxygen atoms in total. The number of rotatable bonds is 8. The number of halogens is 1. The third-order valence-electron chi connectivity index (χ3n) is 3.61. The van der Waals surface area contributed by atoms with Crippen LogP contribution in [0.25, 0.3) is 0 Å². The van der Waals surface area contributed by atoms with Gasteiger partial charge in [-0.3, -0.25) is 0 Å². The van der Waals surface area contributed by atoms with E-state index >= 15 is 0 Å². The summed E-state index contributed by atoms with van der Waals surface area (Å²) in [5.41, 5.74) is 1.23. The maximum Gasteiger partial charge on any atom is 0.123 e. The van der Waals surface area contributed by atoms with Crippen molar-refractivity contribution < 1.29 is 4.39 Å². The molecule has 0 amide bonds. The fourth-order valence-electron chi connectivity index (χ4n) is 2.83. The van der Waals surface area contributed by atoms with Crippen molar-refractivity contribution in [3.8, 4) is 0 Å². The molecule has 0 aliphatic heterocycles. The lowest BCUT2D eigenvalue weighted by Crippen LogP contribution is -2.38. The molecule has 1 aromatic rings. The van der Waals surface area contributed by atoms with E-state index in [1.165, 1.54) is 6.07 Å². The summed E-state index contributed by atoms with van der Waals surface area (Å²) in [6.45, 7) is 8.43. The van der Waals surface area contributed by atoms with Crippen molar-refractivity contribution in [1.82, 2.24) is 5.32 Å². The first-order valence-electron chi connectivity index (χ1n) is 7.15. The van der Waals surface area contributed by atoms with Crippen LogP contribution in [-0.4, -0.2) is 13.1 Å². The number of likely N-dealkylation sites (N-methyl/N-ethyl adjacent to an activating group) is 1. The molecule has 0 spiro atoms. The van der Waals surface area contributed by atoms with Crippen molar-refractivity contribution in [3.63, 3.8) is 0 Å². The third-order valence-corrected chi connectivity index (χ3v) is 3.61. The maximum atomic E-state index is 13.5. The van der Waals surface area contributed by atoms with Crippen LogP contribution in [-0.2, 0) is 5.41 Å². The number of nitrogens with one attached hydrogen (secondary N) is 1. The summed E-state index contributed by atoms with van der Waals surface area (Å²) in [5.74, 6) is -0.124. The molecule has 1 N–H and O–H groups in total. The summed E-state index contributed by atoms with van der Waals surface area (Å²) in [4.78, 5) is 0. The first-order chi connectivity index (χ1) is 8.68. The van der Waals surface area contributed by atoms with Crippen molar-refractivity contribution >= 4 is 0 Å². The highest BCUT2D eigenvalue weighted by Crippen LogP contribution is 2.34. The van der Waals surface area contributed by atoms with E-state index in [1.807, 2.05) is 6.07 Å². The van der Waals surface area contributed by atoms with Gasteiger partial charge in [0.2, 0.25) is 0 Å². The van der Waals surface area contributed by atoms with E-state index in [4.69, 9.17) is 0 Å². The molecule has 102 valence electrons. The topological polar surface area (TPSA) is 12.0 Å². The van der Waals surface area contributed by atoms with Gasteiger partial charge in [0.25, 0.3) is 0 Å². The van der Waals surface area contributed by atoms with Crippen molar-refractivity contribution in [3.05, 3.63) is 35.6 Å². The Hall–Kier alpha value is -0.890. The van der Waals surface area contributed by atoms with Gasteiger partial charge in [-0.25, -0.2) is 4.39 Å². The average Bonchev–Trinajstić information content (AvgIpc) is 2.36. The van der Waals surface area contributed by atoms with Gasteiger partial charge >= 0.3 is 0 Å². The first kappa shape index (κ1) is 15.2. The van der Waals surface area contributed by atoms with Crippen LogP contribution >= 0.6 is 0 Å². The zero-order valence-corrected chi connectivity index (χ0v) is 11.9.